The minimum absolute atomic E-state index is 0.0324. The van der Waals surface area contributed by atoms with Crippen LogP contribution in [0.15, 0.2) is 47.4 Å². The fourth-order valence-corrected chi connectivity index (χ4v) is 5.96. The van der Waals surface area contributed by atoms with Crippen molar-refractivity contribution >= 4 is 21.7 Å². The molecule has 0 saturated carbocycles. The van der Waals surface area contributed by atoms with E-state index in [9.17, 15) is 22.0 Å². The number of amides is 2. The molecule has 1 saturated heterocycles. The molecular weight excluding hydrogens is 412 g/mol. The van der Waals surface area contributed by atoms with Crippen LogP contribution in [0.4, 0.5) is 19.3 Å². The highest BCUT2D eigenvalue weighted by atomic mass is 32.2. The molecule has 0 N–H and O–H groups in total. The van der Waals surface area contributed by atoms with Gasteiger partial charge in [-0.1, -0.05) is 25.1 Å². The number of para-hydroxylation sites is 1. The third kappa shape index (κ3) is 3.45. The minimum atomic E-state index is -4.08. The van der Waals surface area contributed by atoms with Crippen molar-refractivity contribution in [2.45, 2.75) is 37.2 Å². The Kier molecular flexibility index (Phi) is 5.50. The van der Waals surface area contributed by atoms with Gasteiger partial charge >= 0.3 is 6.03 Å². The number of piperidine rings is 1. The van der Waals surface area contributed by atoms with E-state index in [0.29, 0.717) is 13.0 Å². The van der Waals surface area contributed by atoms with E-state index in [1.54, 1.807) is 12.1 Å². The van der Waals surface area contributed by atoms with Crippen LogP contribution in [-0.2, 0) is 16.6 Å². The van der Waals surface area contributed by atoms with Crippen LogP contribution < -0.4 is 4.90 Å². The second kappa shape index (κ2) is 7.96. The molecule has 2 aromatic carbocycles. The number of rotatable bonds is 4. The van der Waals surface area contributed by atoms with Gasteiger partial charge in [-0.3, -0.25) is 4.90 Å². The Hall–Kier alpha value is -2.52. The van der Waals surface area contributed by atoms with Crippen molar-refractivity contribution < 1.29 is 22.0 Å². The van der Waals surface area contributed by atoms with Gasteiger partial charge in [-0.05, 0) is 50.2 Å². The third-order valence-corrected chi connectivity index (χ3v) is 7.62. The third-order valence-electron chi connectivity index (χ3n) is 5.75. The highest BCUT2D eigenvalue weighted by molar-refractivity contribution is 7.90. The molecule has 9 heteroatoms. The zero-order valence-electron chi connectivity index (χ0n) is 16.6. The molecule has 0 radical (unpaired) electrons. The molecule has 2 aliphatic rings. The Morgan fingerprint density at radius 2 is 1.77 bits per heavy atom. The average Bonchev–Trinajstić information content (AvgIpc) is 2.73. The van der Waals surface area contributed by atoms with E-state index in [2.05, 4.69) is 4.90 Å². The molecule has 30 heavy (non-hydrogen) atoms. The van der Waals surface area contributed by atoms with E-state index in [0.717, 1.165) is 40.8 Å². The van der Waals surface area contributed by atoms with Crippen LogP contribution >= 0.6 is 0 Å². The topological polar surface area (TPSA) is 60.9 Å². The SMILES string of the molecule is CCN1CCCC(N2C(=O)N(Cc3c(F)cccc3F)c3ccccc3S2(=O)=O)C1. The zero-order valence-corrected chi connectivity index (χ0v) is 17.4. The maximum Gasteiger partial charge on any atom is 0.339 e. The van der Waals surface area contributed by atoms with Gasteiger partial charge in [0.15, 0.2) is 0 Å². The lowest BCUT2D eigenvalue weighted by molar-refractivity contribution is 0.155. The molecule has 1 unspecified atom stereocenters. The summed E-state index contributed by atoms with van der Waals surface area (Å²) < 4.78 is 56.2. The maximum absolute atomic E-state index is 14.3. The predicted molar refractivity (Wildman–Crippen MR) is 109 cm³/mol. The van der Waals surface area contributed by atoms with E-state index in [1.165, 1.54) is 18.2 Å². The number of likely N-dealkylation sites (N-methyl/N-ethyl adjacent to an activating group) is 1. The lowest BCUT2D eigenvalue weighted by Gasteiger charge is -2.43. The van der Waals surface area contributed by atoms with Crippen molar-refractivity contribution in [2.24, 2.45) is 0 Å². The van der Waals surface area contributed by atoms with Crippen LogP contribution in [0.25, 0.3) is 0 Å². The van der Waals surface area contributed by atoms with Crippen LogP contribution in [0.1, 0.15) is 25.3 Å². The van der Waals surface area contributed by atoms with Crippen LogP contribution in [-0.4, -0.2) is 49.3 Å². The number of halogens is 2. The van der Waals surface area contributed by atoms with Crippen LogP contribution in [0.5, 0.6) is 0 Å². The van der Waals surface area contributed by atoms with Gasteiger partial charge in [-0.25, -0.2) is 26.3 Å². The summed E-state index contributed by atoms with van der Waals surface area (Å²) in [5.41, 5.74) is -0.150. The quantitative estimate of drug-likeness (QED) is 0.737. The molecule has 1 atom stereocenters. The lowest BCUT2D eigenvalue weighted by atomic mass is 10.1. The second-order valence-electron chi connectivity index (χ2n) is 7.53. The lowest BCUT2D eigenvalue weighted by Crippen LogP contribution is -2.58. The highest BCUT2D eigenvalue weighted by Gasteiger charge is 2.46. The smallest absolute Gasteiger partial charge is 0.302 e. The molecule has 1 fully saturated rings. The van der Waals surface area contributed by atoms with Gasteiger partial charge in [0.1, 0.15) is 16.5 Å². The first-order valence-corrected chi connectivity index (χ1v) is 11.4. The Labute approximate surface area is 174 Å². The van der Waals surface area contributed by atoms with Crippen molar-refractivity contribution in [3.63, 3.8) is 0 Å². The summed E-state index contributed by atoms with van der Waals surface area (Å²) in [6.07, 6.45) is 1.31. The largest absolute Gasteiger partial charge is 0.339 e. The Morgan fingerprint density at radius 1 is 1.07 bits per heavy atom. The number of hydrogen-bond acceptors (Lipinski definition) is 4. The fraction of sp³-hybridized carbons (Fsp3) is 0.381. The monoisotopic (exact) mass is 435 g/mol. The number of sulfonamides is 1. The molecule has 2 aromatic rings. The number of nitrogens with zero attached hydrogens (tertiary/aromatic N) is 3. The standard InChI is InChI=1S/C21H23F2N3O3S/c1-2-24-12-6-7-15(13-24)26-21(27)25(14-16-17(22)8-5-9-18(16)23)19-10-3-4-11-20(19)30(26,28)29/h3-5,8-11,15H,2,6-7,12-14H2,1H3. The van der Waals surface area contributed by atoms with Crippen molar-refractivity contribution in [3.05, 3.63) is 59.7 Å². The molecule has 0 spiro atoms. The molecule has 2 aliphatic heterocycles. The number of benzene rings is 2. The molecular formula is C21H23F2N3O3S. The first-order valence-electron chi connectivity index (χ1n) is 9.94. The summed E-state index contributed by atoms with van der Waals surface area (Å²) in [7, 11) is -4.08. The first-order chi connectivity index (χ1) is 14.3. The van der Waals surface area contributed by atoms with Crippen molar-refractivity contribution in [1.82, 2.24) is 9.21 Å². The number of fused-ring (bicyclic) bond motifs is 1. The molecule has 4 rings (SSSR count). The number of anilines is 1. The normalized spacial score (nSPS) is 21.6. The van der Waals surface area contributed by atoms with Crippen molar-refractivity contribution in [1.29, 1.82) is 0 Å². The molecule has 6 nitrogen and oxygen atoms in total. The molecule has 2 amide bonds. The van der Waals surface area contributed by atoms with E-state index in [-0.39, 0.29) is 16.1 Å². The van der Waals surface area contributed by atoms with E-state index in [4.69, 9.17) is 0 Å². The average molecular weight is 435 g/mol. The Bertz CT molecular complexity index is 1060. The number of carbonyl (C=O) groups is 1. The number of likely N-dealkylation sites (tertiary alicyclic amines) is 1. The van der Waals surface area contributed by atoms with Crippen LogP contribution in [0.2, 0.25) is 0 Å². The van der Waals surface area contributed by atoms with E-state index in [1.807, 2.05) is 6.92 Å². The van der Waals surface area contributed by atoms with Gasteiger partial charge in [0, 0.05) is 12.1 Å². The summed E-state index contributed by atoms with van der Waals surface area (Å²) in [6, 6.07) is 8.26. The summed E-state index contributed by atoms with van der Waals surface area (Å²) >= 11 is 0. The maximum atomic E-state index is 14.3. The fourth-order valence-electron chi connectivity index (χ4n) is 4.19. The second-order valence-corrected chi connectivity index (χ2v) is 9.31. The number of urea groups is 1. The van der Waals surface area contributed by atoms with Crippen LogP contribution in [0.3, 0.4) is 0 Å². The highest BCUT2D eigenvalue weighted by Crippen LogP contribution is 2.38. The summed E-state index contributed by atoms with van der Waals surface area (Å²) in [5.74, 6) is -1.56. The first kappa shape index (κ1) is 20.7. The van der Waals surface area contributed by atoms with E-state index >= 15 is 0 Å². The number of hydrogen-bond donors (Lipinski definition) is 0. The number of carbonyl (C=O) groups excluding carboxylic acids is 1. The predicted octanol–water partition coefficient (Wildman–Crippen LogP) is 3.58. The van der Waals surface area contributed by atoms with Crippen molar-refractivity contribution in [2.75, 3.05) is 24.5 Å². The van der Waals surface area contributed by atoms with Gasteiger partial charge < -0.3 is 4.90 Å². The van der Waals surface area contributed by atoms with Gasteiger partial charge in [0.05, 0.1) is 18.3 Å². The Morgan fingerprint density at radius 3 is 2.47 bits per heavy atom. The molecule has 0 aromatic heterocycles. The summed E-state index contributed by atoms with van der Waals surface area (Å²) in [4.78, 5) is 16.7. The summed E-state index contributed by atoms with van der Waals surface area (Å²) in [5, 5.41) is 0. The summed E-state index contributed by atoms with van der Waals surface area (Å²) in [6.45, 7) is 3.61. The zero-order chi connectivity index (χ0) is 21.5. The van der Waals surface area contributed by atoms with Crippen LogP contribution in [0, 0.1) is 11.6 Å². The van der Waals surface area contributed by atoms with Gasteiger partial charge in [0.25, 0.3) is 10.0 Å². The van der Waals surface area contributed by atoms with Gasteiger partial charge in [-0.15, -0.1) is 0 Å². The van der Waals surface area contributed by atoms with E-state index < -0.39 is 40.3 Å². The molecule has 0 bridgehead atoms. The molecule has 0 aliphatic carbocycles. The van der Waals surface area contributed by atoms with Crippen molar-refractivity contribution in [3.8, 4) is 0 Å². The minimum Gasteiger partial charge on any atom is -0.302 e. The molecule has 2 heterocycles. The molecule has 160 valence electrons. The Balaban J connectivity index is 1.80. The van der Waals surface area contributed by atoms with Gasteiger partial charge in [-0.2, -0.15) is 0 Å². The van der Waals surface area contributed by atoms with Gasteiger partial charge in [0.2, 0.25) is 0 Å².